The third-order valence-corrected chi connectivity index (χ3v) is 2.29. The van der Waals surface area contributed by atoms with Crippen LogP contribution in [-0.4, -0.2) is 10.1 Å². The van der Waals surface area contributed by atoms with Gasteiger partial charge in [-0.15, -0.1) is 0 Å². The van der Waals surface area contributed by atoms with E-state index in [2.05, 4.69) is 16.5 Å². The molecule has 1 fully saturated rings. The van der Waals surface area contributed by atoms with E-state index < -0.39 is 0 Å². The van der Waals surface area contributed by atoms with Crippen LogP contribution in [0.1, 0.15) is 43.9 Å². The molecule has 0 aromatic carbocycles. The summed E-state index contributed by atoms with van der Waals surface area (Å²) in [4.78, 5) is 3.94. The van der Waals surface area contributed by atoms with Gasteiger partial charge in [0.25, 0.3) is 0 Å². The molecule has 0 amide bonds. The predicted molar refractivity (Wildman–Crippen MR) is 39.0 cm³/mol. The number of hydrogen-bond acceptors (Lipinski definition) is 3. The zero-order valence-electron chi connectivity index (χ0n) is 7.42. The fraction of sp³-hybridized carbons (Fsp3) is 0.750. The number of hydrogen-bond donors (Lipinski definition) is 0. The van der Waals surface area contributed by atoms with Gasteiger partial charge in [-0.3, -0.25) is 0 Å². The normalized spacial score (nSPS) is 18.7. The van der Waals surface area contributed by atoms with Crippen molar-refractivity contribution in [1.29, 1.82) is 0 Å². The minimum atomic E-state index is 0. The summed E-state index contributed by atoms with van der Waals surface area (Å²) in [7, 11) is 0. The number of nitrogens with zero attached hydrogens (tertiary/aromatic N) is 2. The van der Waals surface area contributed by atoms with E-state index in [0.29, 0.717) is 5.92 Å². The van der Waals surface area contributed by atoms with E-state index in [1.165, 1.54) is 32.1 Å². The Hall–Kier alpha value is 0.945. The Balaban J connectivity index is 0.000000720. The van der Waals surface area contributed by atoms with Gasteiger partial charge >= 0.3 is 58.2 Å². The van der Waals surface area contributed by atoms with Gasteiger partial charge in [0.1, 0.15) is 0 Å². The Morgan fingerprint density at radius 2 is 2.00 bits per heavy atom. The number of aromatic nitrogens is 2. The van der Waals surface area contributed by atoms with E-state index in [9.17, 15) is 0 Å². The van der Waals surface area contributed by atoms with Gasteiger partial charge in [-0.25, -0.2) is 0 Å². The molecule has 0 unspecified atom stereocenters. The largest absolute Gasteiger partial charge is 1.00 e. The minimum absolute atomic E-state index is 0. The molecule has 1 saturated carbocycles. The summed E-state index contributed by atoms with van der Waals surface area (Å²) in [5.41, 5.74) is 0. The molecule has 1 aromatic rings. The van der Waals surface area contributed by atoms with Crippen molar-refractivity contribution >= 4 is 0 Å². The van der Waals surface area contributed by atoms with Crippen LogP contribution in [0.3, 0.4) is 0 Å². The topological polar surface area (TPSA) is 38.9 Å². The van der Waals surface area contributed by atoms with Gasteiger partial charge in [-0.2, -0.15) is 5.16 Å². The van der Waals surface area contributed by atoms with E-state index in [4.69, 9.17) is 4.52 Å². The quantitative estimate of drug-likeness (QED) is 0.583. The molecule has 4 heteroatoms. The first kappa shape index (κ1) is 11.0. The van der Waals surface area contributed by atoms with Crippen LogP contribution in [-0.2, 0) is 0 Å². The summed E-state index contributed by atoms with van der Waals surface area (Å²) >= 11 is 0. The van der Waals surface area contributed by atoms with Crippen LogP contribution < -0.4 is 58.2 Å². The summed E-state index contributed by atoms with van der Waals surface area (Å²) in [5.74, 6) is 1.30. The van der Waals surface area contributed by atoms with Gasteiger partial charge in [-0.1, -0.05) is 32.1 Å². The molecule has 1 aliphatic carbocycles. The predicted octanol–water partition coefficient (Wildman–Crippen LogP) is -1.08. The van der Waals surface area contributed by atoms with Gasteiger partial charge in [0.05, 0.1) is 5.89 Å². The van der Waals surface area contributed by atoms with Crippen molar-refractivity contribution in [2.24, 2.45) is 0 Å². The van der Waals surface area contributed by atoms with Crippen LogP contribution in [0.15, 0.2) is 4.52 Å². The minimum Gasteiger partial charge on any atom is -0.450 e. The molecule has 0 N–H and O–H groups in total. The summed E-state index contributed by atoms with van der Waals surface area (Å²) in [6, 6.07) is 0. The molecule has 60 valence electrons. The average Bonchev–Trinajstić information content (AvgIpc) is 2.58. The maximum Gasteiger partial charge on any atom is 1.00 e. The standard InChI is InChI=1S/C8H11N2O.Rb/c1-2-4-7(5-3-1)8-9-6-10-11-8;/h7H,1-5H2;/q-1;+1. The molecule has 0 saturated heterocycles. The molecular weight excluding hydrogens is 226 g/mol. The molecule has 0 spiro atoms. The van der Waals surface area contributed by atoms with E-state index in [1.807, 2.05) is 0 Å². The van der Waals surface area contributed by atoms with Crippen LogP contribution in [0.5, 0.6) is 0 Å². The van der Waals surface area contributed by atoms with Crippen LogP contribution in [0.2, 0.25) is 0 Å². The Kier molecular flexibility index (Phi) is 5.17. The van der Waals surface area contributed by atoms with Crippen molar-refractivity contribution in [3.8, 4) is 0 Å². The van der Waals surface area contributed by atoms with Gasteiger partial charge in [-0.05, 0) is 12.2 Å². The van der Waals surface area contributed by atoms with Gasteiger partial charge in [0, 0.05) is 0 Å². The molecule has 12 heavy (non-hydrogen) atoms. The third kappa shape index (κ3) is 2.72. The van der Waals surface area contributed by atoms with E-state index >= 15 is 0 Å². The summed E-state index contributed by atoms with van der Waals surface area (Å²) in [6.45, 7) is 0. The zero-order chi connectivity index (χ0) is 7.52. The Morgan fingerprint density at radius 1 is 1.25 bits per heavy atom. The smallest absolute Gasteiger partial charge is 0.450 e. The van der Waals surface area contributed by atoms with E-state index in [-0.39, 0.29) is 58.2 Å². The van der Waals surface area contributed by atoms with Crippen molar-refractivity contribution in [3.63, 3.8) is 0 Å². The zero-order valence-corrected chi connectivity index (χ0v) is 12.3. The fourth-order valence-corrected chi connectivity index (χ4v) is 1.67. The molecule has 1 aliphatic rings. The molecule has 0 aliphatic heterocycles. The van der Waals surface area contributed by atoms with Crippen LogP contribution in [0, 0.1) is 6.33 Å². The average molecular weight is 237 g/mol. The first-order valence-electron chi connectivity index (χ1n) is 4.16. The molecular formula is C8H11N2ORb. The Labute approximate surface area is 121 Å². The van der Waals surface area contributed by atoms with Crippen LogP contribution >= 0.6 is 0 Å². The van der Waals surface area contributed by atoms with Crippen molar-refractivity contribution in [1.82, 2.24) is 10.1 Å². The van der Waals surface area contributed by atoms with Crippen molar-refractivity contribution in [3.05, 3.63) is 12.2 Å². The molecule has 2 rings (SSSR count). The first-order chi connectivity index (χ1) is 5.47. The molecule has 0 radical (unpaired) electrons. The van der Waals surface area contributed by atoms with Crippen molar-refractivity contribution in [2.75, 3.05) is 0 Å². The molecule has 3 nitrogen and oxygen atoms in total. The second kappa shape index (κ2) is 5.63. The number of rotatable bonds is 1. The molecule has 0 bridgehead atoms. The Bertz CT molecular complexity index is 207. The monoisotopic (exact) mass is 236 g/mol. The van der Waals surface area contributed by atoms with Gasteiger partial charge < -0.3 is 9.51 Å². The first-order valence-corrected chi connectivity index (χ1v) is 4.16. The summed E-state index contributed by atoms with van der Waals surface area (Å²) in [5, 5.41) is 3.49. The van der Waals surface area contributed by atoms with E-state index in [1.54, 1.807) is 0 Å². The Morgan fingerprint density at radius 3 is 2.58 bits per heavy atom. The summed E-state index contributed by atoms with van der Waals surface area (Å²) < 4.78 is 4.96. The molecule has 1 aromatic heterocycles. The summed E-state index contributed by atoms with van der Waals surface area (Å²) in [6.07, 6.45) is 8.82. The SMILES string of the molecule is [Rb+].[c-]1noc(C2CCCCC2)n1. The van der Waals surface area contributed by atoms with Crippen LogP contribution in [0.25, 0.3) is 0 Å². The maximum atomic E-state index is 4.96. The van der Waals surface area contributed by atoms with Crippen molar-refractivity contribution < 1.29 is 62.7 Å². The molecule has 1 heterocycles. The third-order valence-electron chi connectivity index (χ3n) is 2.29. The second-order valence-corrected chi connectivity index (χ2v) is 3.07. The van der Waals surface area contributed by atoms with Crippen molar-refractivity contribution in [2.45, 2.75) is 38.0 Å². The van der Waals surface area contributed by atoms with Gasteiger partial charge in [0.2, 0.25) is 0 Å². The van der Waals surface area contributed by atoms with E-state index in [0.717, 1.165) is 5.89 Å². The van der Waals surface area contributed by atoms with Crippen LogP contribution in [0.4, 0.5) is 0 Å². The maximum absolute atomic E-state index is 4.96. The second-order valence-electron chi connectivity index (χ2n) is 3.07. The molecule has 0 atom stereocenters. The van der Waals surface area contributed by atoms with Gasteiger partial charge in [0.15, 0.2) is 0 Å². The fourth-order valence-electron chi connectivity index (χ4n) is 1.67.